The van der Waals surface area contributed by atoms with E-state index in [1.165, 1.54) is 0 Å². The number of likely N-dealkylation sites (tertiary alicyclic amines) is 1. The second kappa shape index (κ2) is 9.75. The molecule has 0 saturated carbocycles. The highest BCUT2D eigenvalue weighted by atomic mass is 16.4. The van der Waals surface area contributed by atoms with Crippen LogP contribution in [0.1, 0.15) is 47.0 Å². The summed E-state index contributed by atoms with van der Waals surface area (Å²) < 4.78 is 0. The largest absolute Gasteiger partial charge is 0.481 e. The summed E-state index contributed by atoms with van der Waals surface area (Å²) >= 11 is 0. The van der Waals surface area contributed by atoms with Crippen molar-refractivity contribution in [2.45, 2.75) is 53.0 Å². The van der Waals surface area contributed by atoms with Crippen LogP contribution in [0, 0.1) is 11.8 Å². The van der Waals surface area contributed by atoms with Gasteiger partial charge >= 0.3 is 12.0 Å². The standard InChI is InChI=1S/C17H33N3O3/c1-5-19(6-2)9-7-15-12-20(17(23)18-13(3)4)10-8-14(15)11-16(21)22/h13-15H,5-12H2,1-4H3,(H,18,23)(H,21,22). The molecule has 0 aromatic rings. The summed E-state index contributed by atoms with van der Waals surface area (Å²) in [6, 6.07) is 0.0926. The van der Waals surface area contributed by atoms with E-state index in [1.54, 1.807) is 0 Å². The smallest absolute Gasteiger partial charge is 0.317 e. The number of rotatable bonds is 8. The number of carboxylic acids is 1. The third kappa shape index (κ3) is 6.77. The first kappa shape index (κ1) is 19.7. The minimum Gasteiger partial charge on any atom is -0.481 e. The lowest BCUT2D eigenvalue weighted by atomic mass is 9.81. The van der Waals surface area contributed by atoms with Gasteiger partial charge in [-0.15, -0.1) is 0 Å². The quantitative estimate of drug-likeness (QED) is 0.717. The van der Waals surface area contributed by atoms with Crippen LogP contribution < -0.4 is 5.32 Å². The Balaban J connectivity index is 2.66. The van der Waals surface area contributed by atoms with E-state index < -0.39 is 5.97 Å². The Morgan fingerprint density at radius 1 is 1.26 bits per heavy atom. The molecule has 0 spiro atoms. The molecule has 0 aliphatic carbocycles. The molecule has 2 N–H and O–H groups in total. The zero-order valence-electron chi connectivity index (χ0n) is 15.0. The number of hydrogen-bond acceptors (Lipinski definition) is 3. The molecule has 1 aliphatic heterocycles. The fourth-order valence-electron chi connectivity index (χ4n) is 3.31. The average molecular weight is 327 g/mol. The maximum Gasteiger partial charge on any atom is 0.317 e. The lowest BCUT2D eigenvalue weighted by molar-refractivity contribution is -0.139. The molecule has 0 aromatic heterocycles. The van der Waals surface area contributed by atoms with Gasteiger partial charge in [-0.05, 0) is 58.2 Å². The summed E-state index contributed by atoms with van der Waals surface area (Å²) in [6.07, 6.45) is 1.94. The van der Waals surface area contributed by atoms with Gasteiger partial charge in [-0.1, -0.05) is 13.8 Å². The van der Waals surface area contributed by atoms with E-state index in [4.69, 9.17) is 5.11 Å². The zero-order chi connectivity index (χ0) is 17.4. The first-order valence-corrected chi connectivity index (χ1v) is 8.86. The number of nitrogens with one attached hydrogen (secondary N) is 1. The van der Waals surface area contributed by atoms with Gasteiger partial charge < -0.3 is 20.2 Å². The molecule has 23 heavy (non-hydrogen) atoms. The Morgan fingerprint density at radius 3 is 2.43 bits per heavy atom. The first-order valence-electron chi connectivity index (χ1n) is 8.86. The van der Waals surface area contributed by atoms with Crippen molar-refractivity contribution in [1.29, 1.82) is 0 Å². The van der Waals surface area contributed by atoms with E-state index in [-0.39, 0.29) is 30.3 Å². The van der Waals surface area contributed by atoms with Crippen LogP contribution in [0.2, 0.25) is 0 Å². The van der Waals surface area contributed by atoms with Crippen molar-refractivity contribution < 1.29 is 14.7 Å². The number of hydrogen-bond donors (Lipinski definition) is 2. The van der Waals surface area contributed by atoms with Gasteiger partial charge in [0.05, 0.1) is 0 Å². The number of urea groups is 1. The molecule has 1 saturated heterocycles. The van der Waals surface area contributed by atoms with Crippen molar-refractivity contribution in [3.63, 3.8) is 0 Å². The van der Waals surface area contributed by atoms with E-state index in [1.807, 2.05) is 18.7 Å². The Bertz CT molecular complexity index is 383. The molecule has 2 unspecified atom stereocenters. The molecule has 6 heteroatoms. The summed E-state index contributed by atoms with van der Waals surface area (Å²) in [5.74, 6) is -0.299. The van der Waals surface area contributed by atoms with Crippen molar-refractivity contribution >= 4 is 12.0 Å². The Hall–Kier alpha value is -1.30. The zero-order valence-corrected chi connectivity index (χ0v) is 15.0. The van der Waals surface area contributed by atoms with Crippen LogP contribution >= 0.6 is 0 Å². The van der Waals surface area contributed by atoms with Gasteiger partial charge in [0.15, 0.2) is 0 Å². The fourth-order valence-corrected chi connectivity index (χ4v) is 3.31. The predicted molar refractivity (Wildman–Crippen MR) is 91.5 cm³/mol. The number of carbonyl (C=O) groups is 2. The minimum absolute atomic E-state index is 0.0263. The number of carboxylic acid groups (broad SMARTS) is 1. The number of nitrogens with zero attached hydrogens (tertiary/aromatic N) is 2. The van der Waals surface area contributed by atoms with Gasteiger partial charge in [0.25, 0.3) is 0 Å². The van der Waals surface area contributed by atoms with Crippen LogP contribution in [0.25, 0.3) is 0 Å². The molecule has 0 aromatic carbocycles. The van der Waals surface area contributed by atoms with Crippen molar-refractivity contribution in [3.05, 3.63) is 0 Å². The number of piperidine rings is 1. The van der Waals surface area contributed by atoms with Crippen molar-refractivity contribution in [1.82, 2.24) is 15.1 Å². The molecule has 0 radical (unpaired) electrons. The van der Waals surface area contributed by atoms with Crippen molar-refractivity contribution in [2.24, 2.45) is 11.8 Å². The summed E-state index contributed by atoms with van der Waals surface area (Å²) in [5.41, 5.74) is 0. The van der Waals surface area contributed by atoms with E-state index in [0.29, 0.717) is 13.1 Å². The summed E-state index contributed by atoms with van der Waals surface area (Å²) in [5, 5.41) is 12.1. The summed E-state index contributed by atoms with van der Waals surface area (Å²) in [6.45, 7) is 12.5. The molecule has 1 rings (SSSR count). The lowest BCUT2D eigenvalue weighted by Gasteiger charge is -2.39. The van der Waals surface area contributed by atoms with Gasteiger partial charge in [0.2, 0.25) is 0 Å². The highest BCUT2D eigenvalue weighted by Gasteiger charge is 2.32. The monoisotopic (exact) mass is 327 g/mol. The summed E-state index contributed by atoms with van der Waals surface area (Å²) in [7, 11) is 0. The third-order valence-electron chi connectivity index (χ3n) is 4.74. The second-order valence-corrected chi connectivity index (χ2v) is 6.77. The van der Waals surface area contributed by atoms with Crippen molar-refractivity contribution in [3.8, 4) is 0 Å². The number of amides is 2. The van der Waals surface area contributed by atoms with Crippen LogP contribution in [0.15, 0.2) is 0 Å². The molecule has 1 aliphatic rings. The Labute approximate surface area is 140 Å². The highest BCUT2D eigenvalue weighted by molar-refractivity contribution is 5.74. The third-order valence-corrected chi connectivity index (χ3v) is 4.74. The SMILES string of the molecule is CCN(CC)CCC1CN(C(=O)NC(C)C)CCC1CC(=O)O. The molecule has 1 fully saturated rings. The molecule has 2 atom stereocenters. The molecule has 0 bridgehead atoms. The fraction of sp³-hybridized carbons (Fsp3) is 0.882. The van der Waals surface area contributed by atoms with E-state index in [9.17, 15) is 9.59 Å². The summed E-state index contributed by atoms with van der Waals surface area (Å²) in [4.78, 5) is 27.5. The normalized spacial score (nSPS) is 21.7. The highest BCUT2D eigenvalue weighted by Crippen LogP contribution is 2.29. The number of aliphatic carboxylic acids is 1. The number of carbonyl (C=O) groups excluding carboxylic acids is 1. The van der Waals surface area contributed by atoms with Crippen LogP contribution in [0.5, 0.6) is 0 Å². The molecule has 134 valence electrons. The van der Waals surface area contributed by atoms with Crippen LogP contribution in [-0.2, 0) is 4.79 Å². The van der Waals surface area contributed by atoms with Gasteiger partial charge in [-0.2, -0.15) is 0 Å². The van der Waals surface area contributed by atoms with Gasteiger partial charge in [-0.3, -0.25) is 4.79 Å². The minimum atomic E-state index is -0.733. The molecule has 6 nitrogen and oxygen atoms in total. The Kier molecular flexibility index (Phi) is 8.37. The van der Waals surface area contributed by atoms with Gasteiger partial charge in [0.1, 0.15) is 0 Å². The van der Waals surface area contributed by atoms with Crippen LogP contribution in [-0.4, -0.2) is 65.7 Å². The second-order valence-electron chi connectivity index (χ2n) is 6.77. The molecular weight excluding hydrogens is 294 g/mol. The maximum absolute atomic E-state index is 12.2. The topological polar surface area (TPSA) is 72.9 Å². The van der Waals surface area contributed by atoms with Gasteiger partial charge in [0, 0.05) is 25.6 Å². The van der Waals surface area contributed by atoms with Gasteiger partial charge in [-0.25, -0.2) is 4.79 Å². The Morgan fingerprint density at radius 2 is 1.91 bits per heavy atom. The molecular formula is C17H33N3O3. The average Bonchev–Trinajstić information content (AvgIpc) is 2.48. The van der Waals surface area contributed by atoms with Crippen molar-refractivity contribution in [2.75, 3.05) is 32.7 Å². The maximum atomic E-state index is 12.2. The first-order chi connectivity index (χ1) is 10.9. The van der Waals surface area contributed by atoms with Crippen LogP contribution in [0.3, 0.4) is 0 Å². The molecule has 1 heterocycles. The molecule has 2 amide bonds. The predicted octanol–water partition coefficient (Wildman–Crippen LogP) is 2.25. The lowest BCUT2D eigenvalue weighted by Crippen LogP contribution is -2.50. The van der Waals surface area contributed by atoms with E-state index in [0.717, 1.165) is 32.5 Å². The van der Waals surface area contributed by atoms with Crippen LogP contribution in [0.4, 0.5) is 4.79 Å². The van der Waals surface area contributed by atoms with E-state index >= 15 is 0 Å². The van der Waals surface area contributed by atoms with E-state index in [2.05, 4.69) is 24.1 Å².